The van der Waals surface area contributed by atoms with E-state index >= 15 is 0 Å². The Balaban J connectivity index is 2.29. The number of sulfone groups is 2. The Bertz CT molecular complexity index is 879. The molecule has 8 heteroatoms. The molecule has 5 nitrogen and oxygen atoms in total. The van der Waals surface area contributed by atoms with Gasteiger partial charge in [-0.2, -0.15) is 0 Å². The van der Waals surface area contributed by atoms with E-state index in [1.807, 2.05) is 0 Å². The van der Waals surface area contributed by atoms with Crippen molar-refractivity contribution in [3.63, 3.8) is 0 Å². The van der Waals surface area contributed by atoms with Crippen LogP contribution < -0.4 is 0 Å². The number of benzene rings is 2. The Morgan fingerprint density at radius 2 is 1.35 bits per heavy atom. The van der Waals surface area contributed by atoms with E-state index < -0.39 is 30.0 Å². The van der Waals surface area contributed by atoms with Crippen LogP contribution in [-0.4, -0.2) is 44.6 Å². The summed E-state index contributed by atoms with van der Waals surface area (Å²) in [6.45, 7) is 0.0268. The van der Waals surface area contributed by atoms with Gasteiger partial charge in [0.1, 0.15) is 4.58 Å². The van der Waals surface area contributed by atoms with Crippen molar-refractivity contribution in [1.82, 2.24) is 0 Å². The van der Waals surface area contributed by atoms with Gasteiger partial charge in [-0.1, -0.05) is 36.4 Å². The van der Waals surface area contributed by atoms with Gasteiger partial charge in [-0.25, -0.2) is 16.8 Å². The normalized spacial score (nSPS) is 13.4. The van der Waals surface area contributed by atoms with Crippen LogP contribution in [0.1, 0.15) is 12.8 Å². The first-order valence-electron chi connectivity index (χ1n) is 8.17. The quantitative estimate of drug-likeness (QED) is 0.602. The molecule has 0 heterocycles. The van der Waals surface area contributed by atoms with Crippen LogP contribution in [0.4, 0.5) is 0 Å². The molecule has 0 aliphatic rings. The van der Waals surface area contributed by atoms with Crippen molar-refractivity contribution in [3.05, 3.63) is 60.7 Å². The molecule has 0 aromatic heterocycles. The molecule has 0 bridgehead atoms. The van der Waals surface area contributed by atoms with Gasteiger partial charge in [0.15, 0.2) is 19.7 Å². The van der Waals surface area contributed by atoms with Crippen molar-refractivity contribution in [1.29, 1.82) is 0 Å². The smallest absolute Gasteiger partial charge is 0.191 e. The lowest BCUT2D eigenvalue weighted by Gasteiger charge is -2.18. The van der Waals surface area contributed by atoms with Crippen molar-refractivity contribution in [2.45, 2.75) is 27.2 Å². The summed E-state index contributed by atoms with van der Waals surface area (Å²) < 4.78 is 50.2. The van der Waals surface area contributed by atoms with E-state index in [1.54, 1.807) is 36.4 Å². The number of hydrogen-bond donors (Lipinski definition) is 1. The molecule has 1 unspecified atom stereocenters. The van der Waals surface area contributed by atoms with Crippen LogP contribution in [0.3, 0.4) is 0 Å². The third kappa shape index (κ3) is 5.57. The van der Waals surface area contributed by atoms with Gasteiger partial charge in [-0.3, -0.25) is 0 Å². The Labute approximate surface area is 159 Å². The summed E-state index contributed by atoms with van der Waals surface area (Å²) in [7, 11) is -7.55. The summed E-state index contributed by atoms with van der Waals surface area (Å²) in [6.07, 6.45) is 1.17. The number of hydrogen-bond acceptors (Lipinski definition) is 6. The zero-order valence-corrected chi connectivity index (χ0v) is 16.6. The van der Waals surface area contributed by atoms with E-state index in [0.29, 0.717) is 18.6 Å². The molecule has 26 heavy (non-hydrogen) atoms. The first-order valence-corrected chi connectivity index (χ1v) is 12.4. The number of aliphatic hydroxyl groups excluding tert-OH is 1. The van der Waals surface area contributed by atoms with Gasteiger partial charge in [0.2, 0.25) is 0 Å². The van der Waals surface area contributed by atoms with Gasteiger partial charge in [-0.05, 0) is 42.9 Å². The van der Waals surface area contributed by atoms with Gasteiger partial charge >= 0.3 is 0 Å². The van der Waals surface area contributed by atoms with E-state index in [9.17, 15) is 16.8 Å². The Morgan fingerprint density at radius 1 is 0.808 bits per heavy atom. The van der Waals surface area contributed by atoms with Gasteiger partial charge in [0.25, 0.3) is 0 Å². The van der Waals surface area contributed by atoms with Crippen molar-refractivity contribution in [3.8, 4) is 0 Å². The molecule has 0 fully saturated rings. The molecule has 0 radical (unpaired) electrons. The molecular weight excluding hydrogens is 392 g/mol. The Hall–Kier alpha value is -1.35. The van der Waals surface area contributed by atoms with Gasteiger partial charge in [0, 0.05) is 6.61 Å². The predicted octanol–water partition coefficient (Wildman–Crippen LogP) is 2.77. The monoisotopic (exact) mass is 414 g/mol. The summed E-state index contributed by atoms with van der Waals surface area (Å²) >= 11 is 1.11. The number of unbranched alkanes of at least 4 members (excludes halogenated alkanes) is 1. The van der Waals surface area contributed by atoms with Crippen LogP contribution in [0, 0.1) is 0 Å². The molecule has 142 valence electrons. The molecule has 0 amide bonds. The van der Waals surface area contributed by atoms with Crippen LogP contribution in [0.2, 0.25) is 0 Å². The van der Waals surface area contributed by atoms with Gasteiger partial charge in [0.05, 0.1) is 15.5 Å². The van der Waals surface area contributed by atoms with E-state index in [4.69, 9.17) is 5.11 Å². The second-order valence-corrected chi connectivity index (χ2v) is 11.5. The maximum absolute atomic E-state index is 13.0. The van der Waals surface area contributed by atoms with E-state index in [-0.39, 0.29) is 16.4 Å². The van der Waals surface area contributed by atoms with Crippen molar-refractivity contribution < 1.29 is 21.9 Å². The maximum atomic E-state index is 13.0. The maximum Gasteiger partial charge on any atom is 0.191 e. The van der Waals surface area contributed by atoms with E-state index in [0.717, 1.165) is 11.8 Å². The third-order valence-corrected chi connectivity index (χ3v) is 9.94. The standard InChI is InChI=1S/C18H22O5S3/c19-13-7-8-14-24-18(26(22,23)17-11-5-2-6-12-17)15-25(20,21)16-9-3-1-4-10-16/h1-6,9-12,18-19H,7-8,13-15H2. The second-order valence-electron chi connectivity index (χ2n) is 5.68. The van der Waals surface area contributed by atoms with Crippen molar-refractivity contribution >= 4 is 31.4 Å². The lowest BCUT2D eigenvalue weighted by molar-refractivity contribution is 0.287. The second kappa shape index (κ2) is 9.55. The van der Waals surface area contributed by atoms with Crippen LogP contribution in [0.15, 0.2) is 70.5 Å². The molecule has 0 saturated heterocycles. The first kappa shape index (κ1) is 21.0. The largest absolute Gasteiger partial charge is 0.396 e. The average Bonchev–Trinajstić information content (AvgIpc) is 2.65. The summed E-state index contributed by atoms with van der Waals surface area (Å²) in [5, 5.41) is 8.88. The molecule has 0 aliphatic heterocycles. The minimum Gasteiger partial charge on any atom is -0.396 e. The van der Waals surface area contributed by atoms with Crippen LogP contribution in [0.25, 0.3) is 0 Å². The van der Waals surface area contributed by atoms with Crippen molar-refractivity contribution in [2.75, 3.05) is 18.1 Å². The van der Waals surface area contributed by atoms with Crippen molar-refractivity contribution in [2.24, 2.45) is 0 Å². The lowest BCUT2D eigenvalue weighted by atomic mass is 10.4. The molecule has 0 aliphatic carbocycles. The third-order valence-electron chi connectivity index (χ3n) is 3.73. The minimum atomic E-state index is -3.81. The molecule has 1 N–H and O–H groups in total. The summed E-state index contributed by atoms with van der Waals surface area (Å²) in [5.41, 5.74) is 0. The fourth-order valence-electron chi connectivity index (χ4n) is 2.32. The fourth-order valence-corrected chi connectivity index (χ4v) is 8.43. The van der Waals surface area contributed by atoms with E-state index in [1.165, 1.54) is 24.3 Å². The van der Waals surface area contributed by atoms with Gasteiger partial charge < -0.3 is 5.11 Å². The Morgan fingerprint density at radius 3 is 1.88 bits per heavy atom. The first-order chi connectivity index (χ1) is 12.4. The average molecular weight is 415 g/mol. The number of thioether (sulfide) groups is 1. The SMILES string of the molecule is O=S(=O)(CC(SCCCCO)S(=O)(=O)c1ccccc1)c1ccccc1. The zero-order chi connectivity index (χ0) is 19.0. The van der Waals surface area contributed by atoms with Crippen LogP contribution >= 0.6 is 11.8 Å². The topological polar surface area (TPSA) is 88.5 Å². The number of aliphatic hydroxyl groups is 1. The van der Waals surface area contributed by atoms with Crippen LogP contribution in [0.5, 0.6) is 0 Å². The molecule has 2 aromatic carbocycles. The highest BCUT2D eigenvalue weighted by atomic mass is 32.3. The van der Waals surface area contributed by atoms with Crippen LogP contribution in [-0.2, 0) is 19.7 Å². The Kier molecular flexibility index (Phi) is 7.69. The molecular formula is C18H22O5S3. The molecule has 0 spiro atoms. The molecule has 2 rings (SSSR count). The summed E-state index contributed by atoms with van der Waals surface area (Å²) in [6, 6.07) is 15.8. The highest BCUT2D eigenvalue weighted by molar-refractivity contribution is 8.14. The predicted molar refractivity (Wildman–Crippen MR) is 105 cm³/mol. The zero-order valence-electron chi connectivity index (χ0n) is 14.2. The number of rotatable bonds is 10. The molecule has 1 atom stereocenters. The molecule has 0 saturated carbocycles. The summed E-state index contributed by atoms with van der Waals surface area (Å²) in [5.74, 6) is -0.0281. The highest BCUT2D eigenvalue weighted by Crippen LogP contribution is 2.28. The van der Waals surface area contributed by atoms with E-state index in [2.05, 4.69) is 0 Å². The summed E-state index contributed by atoms with van der Waals surface area (Å²) in [4.78, 5) is 0.229. The lowest BCUT2D eigenvalue weighted by Crippen LogP contribution is -2.27. The highest BCUT2D eigenvalue weighted by Gasteiger charge is 2.33. The fraction of sp³-hybridized carbons (Fsp3) is 0.333. The molecule has 2 aromatic rings. The minimum absolute atomic E-state index is 0.0268. The van der Waals surface area contributed by atoms with Gasteiger partial charge in [-0.15, -0.1) is 11.8 Å².